The van der Waals surface area contributed by atoms with Crippen molar-refractivity contribution >= 4 is 23.2 Å². The Morgan fingerprint density at radius 1 is 1.13 bits per heavy atom. The highest BCUT2D eigenvalue weighted by Crippen LogP contribution is 2.29. The lowest BCUT2D eigenvalue weighted by Crippen LogP contribution is -2.37. The Morgan fingerprint density at radius 3 is 2.30 bits per heavy atom. The van der Waals surface area contributed by atoms with Crippen LogP contribution >= 0.6 is 0 Å². The van der Waals surface area contributed by atoms with Crippen molar-refractivity contribution in [2.75, 3.05) is 7.05 Å². The van der Waals surface area contributed by atoms with Crippen LogP contribution in [0.3, 0.4) is 0 Å². The van der Waals surface area contributed by atoms with Crippen molar-refractivity contribution < 1.29 is 14.3 Å². The molecule has 1 unspecified atom stereocenters. The van der Waals surface area contributed by atoms with E-state index >= 15 is 0 Å². The lowest BCUT2D eigenvalue weighted by molar-refractivity contribution is -0.112. The van der Waals surface area contributed by atoms with E-state index in [1.807, 2.05) is 43.3 Å². The van der Waals surface area contributed by atoms with Crippen LogP contribution in [-0.4, -0.2) is 29.9 Å². The number of ether oxygens (including phenoxy) is 1. The summed E-state index contributed by atoms with van der Waals surface area (Å²) in [5, 5.41) is 2.05. The van der Waals surface area contributed by atoms with E-state index in [2.05, 4.69) is 0 Å². The van der Waals surface area contributed by atoms with Crippen molar-refractivity contribution in [1.29, 1.82) is 0 Å². The average Bonchev–Trinajstić information content (AvgIpc) is 2.48. The van der Waals surface area contributed by atoms with Crippen molar-refractivity contribution in [1.82, 2.24) is 4.90 Å². The Bertz CT molecular complexity index is 731. The molecule has 0 aromatic heterocycles. The van der Waals surface area contributed by atoms with Crippen LogP contribution in [0.1, 0.15) is 37.9 Å². The normalized spacial score (nSPS) is 12.7. The van der Waals surface area contributed by atoms with E-state index in [0.29, 0.717) is 0 Å². The van der Waals surface area contributed by atoms with Crippen molar-refractivity contribution in [2.24, 2.45) is 0 Å². The molecule has 4 heteroatoms. The van der Waals surface area contributed by atoms with Gasteiger partial charge < -0.3 is 9.53 Å². The number of rotatable bonds is 3. The molecule has 1 atom stereocenters. The molecule has 0 bridgehead atoms. The lowest BCUT2D eigenvalue weighted by Gasteiger charge is -2.28. The molecule has 0 fully saturated rings. The van der Waals surface area contributed by atoms with Crippen LogP contribution in [0.2, 0.25) is 0 Å². The van der Waals surface area contributed by atoms with E-state index in [9.17, 15) is 9.59 Å². The smallest absolute Gasteiger partial charge is 0.410 e. The molecule has 0 aliphatic rings. The molecule has 4 nitrogen and oxygen atoms in total. The van der Waals surface area contributed by atoms with E-state index in [0.717, 1.165) is 28.2 Å². The topological polar surface area (TPSA) is 46.6 Å². The van der Waals surface area contributed by atoms with Crippen molar-refractivity contribution in [3.05, 3.63) is 47.5 Å². The van der Waals surface area contributed by atoms with Gasteiger partial charge in [-0.05, 0) is 49.6 Å². The third kappa shape index (κ3) is 3.70. The molecule has 0 saturated heterocycles. The number of fused-ring (bicyclic) bond motifs is 1. The van der Waals surface area contributed by atoms with Crippen LogP contribution in [0.4, 0.5) is 4.79 Å². The first kappa shape index (κ1) is 17.0. The van der Waals surface area contributed by atoms with Gasteiger partial charge in [-0.1, -0.05) is 36.4 Å². The monoisotopic (exact) mass is 313 g/mol. The first-order valence-electron chi connectivity index (χ1n) is 7.64. The van der Waals surface area contributed by atoms with Crippen LogP contribution in [0.5, 0.6) is 0 Å². The molecule has 0 aliphatic carbocycles. The van der Waals surface area contributed by atoms with Gasteiger partial charge in [0.1, 0.15) is 17.9 Å². The zero-order chi connectivity index (χ0) is 17.2. The Labute approximate surface area is 137 Å². The van der Waals surface area contributed by atoms with Crippen LogP contribution in [-0.2, 0) is 9.53 Å². The van der Waals surface area contributed by atoms with E-state index in [4.69, 9.17) is 4.74 Å². The van der Waals surface area contributed by atoms with Gasteiger partial charge >= 0.3 is 6.09 Å². The number of carbonyl (C=O) groups excluding carboxylic acids is 2. The summed E-state index contributed by atoms with van der Waals surface area (Å²) in [7, 11) is 1.59. The van der Waals surface area contributed by atoms with E-state index in [-0.39, 0.29) is 0 Å². The second kappa shape index (κ2) is 6.41. The lowest BCUT2D eigenvalue weighted by atomic mass is 9.96. The fourth-order valence-electron chi connectivity index (χ4n) is 2.55. The maximum absolute atomic E-state index is 12.3. The molecular weight excluding hydrogens is 290 g/mol. The minimum Gasteiger partial charge on any atom is -0.444 e. The molecule has 122 valence electrons. The summed E-state index contributed by atoms with van der Waals surface area (Å²) in [5.41, 5.74) is 1.33. The van der Waals surface area contributed by atoms with E-state index in [1.165, 1.54) is 4.90 Å². The van der Waals surface area contributed by atoms with Crippen LogP contribution in [0.25, 0.3) is 10.8 Å². The molecule has 0 spiro atoms. The predicted octanol–water partition coefficient (Wildman–Crippen LogP) is 4.26. The highest BCUT2D eigenvalue weighted by Gasteiger charge is 2.27. The Balaban J connectivity index is 2.44. The van der Waals surface area contributed by atoms with Gasteiger partial charge in [0.15, 0.2) is 0 Å². The summed E-state index contributed by atoms with van der Waals surface area (Å²) in [6.07, 6.45) is 0.264. The zero-order valence-electron chi connectivity index (χ0n) is 14.3. The third-order valence-corrected chi connectivity index (χ3v) is 3.72. The number of carbonyl (C=O) groups is 2. The van der Waals surface area contributed by atoms with E-state index in [1.54, 1.807) is 27.8 Å². The van der Waals surface area contributed by atoms with Crippen LogP contribution in [0, 0.1) is 6.92 Å². The van der Waals surface area contributed by atoms with Crippen molar-refractivity contribution in [3.8, 4) is 0 Å². The molecule has 0 saturated carbocycles. The van der Waals surface area contributed by atoms with Crippen LogP contribution < -0.4 is 0 Å². The number of likely N-dealkylation sites (N-methyl/N-ethyl adjacent to an activating group) is 1. The van der Waals surface area contributed by atoms with Gasteiger partial charge in [-0.2, -0.15) is 0 Å². The quantitative estimate of drug-likeness (QED) is 0.796. The maximum Gasteiger partial charge on any atom is 0.410 e. The Kier molecular flexibility index (Phi) is 4.73. The van der Waals surface area contributed by atoms with Gasteiger partial charge in [0.05, 0.1) is 0 Å². The average molecular weight is 313 g/mol. The fourth-order valence-corrected chi connectivity index (χ4v) is 2.55. The van der Waals surface area contributed by atoms with Gasteiger partial charge in [0.25, 0.3) is 0 Å². The maximum atomic E-state index is 12.3. The standard InChI is InChI=1S/C19H23NO3/c1-13-10-11-16(15-9-7-6-8-14(13)15)17(12-21)20(5)18(22)23-19(2,3)4/h6-12,17H,1-5H3. The molecule has 2 rings (SSSR count). The van der Waals surface area contributed by atoms with Gasteiger partial charge in [0, 0.05) is 7.05 Å². The molecule has 0 N–H and O–H groups in total. The van der Waals surface area contributed by atoms with Gasteiger partial charge in [-0.25, -0.2) is 4.79 Å². The van der Waals surface area contributed by atoms with Crippen molar-refractivity contribution in [3.63, 3.8) is 0 Å². The SMILES string of the molecule is Cc1ccc(C(C=O)N(C)C(=O)OC(C)(C)C)c2ccccc12. The summed E-state index contributed by atoms with van der Waals surface area (Å²) in [4.78, 5) is 25.3. The Hall–Kier alpha value is -2.36. The molecule has 2 aromatic rings. The number of hydrogen-bond donors (Lipinski definition) is 0. The number of aldehydes is 1. The summed E-state index contributed by atoms with van der Waals surface area (Å²) < 4.78 is 5.37. The van der Waals surface area contributed by atoms with Gasteiger partial charge in [-0.3, -0.25) is 4.90 Å². The highest BCUT2D eigenvalue weighted by atomic mass is 16.6. The number of nitrogens with zero attached hydrogens (tertiary/aromatic N) is 1. The fraction of sp³-hybridized carbons (Fsp3) is 0.368. The first-order chi connectivity index (χ1) is 10.7. The second-order valence-electron chi connectivity index (χ2n) is 6.69. The van der Waals surface area contributed by atoms with E-state index < -0.39 is 17.7 Å². The molecule has 2 aromatic carbocycles. The number of benzene rings is 2. The summed E-state index contributed by atoms with van der Waals surface area (Å²) in [6.45, 7) is 7.43. The summed E-state index contributed by atoms with van der Waals surface area (Å²) in [5.74, 6) is 0. The molecule has 1 amide bonds. The zero-order valence-corrected chi connectivity index (χ0v) is 14.3. The molecule has 23 heavy (non-hydrogen) atoms. The Morgan fingerprint density at radius 2 is 1.74 bits per heavy atom. The molecule has 0 aliphatic heterocycles. The predicted molar refractivity (Wildman–Crippen MR) is 91.5 cm³/mol. The largest absolute Gasteiger partial charge is 0.444 e. The molecular formula is C19H23NO3. The minimum atomic E-state index is -0.685. The van der Waals surface area contributed by atoms with Gasteiger partial charge in [-0.15, -0.1) is 0 Å². The number of hydrogen-bond acceptors (Lipinski definition) is 3. The van der Waals surface area contributed by atoms with Crippen molar-refractivity contribution in [2.45, 2.75) is 39.3 Å². The van der Waals surface area contributed by atoms with Gasteiger partial charge in [0.2, 0.25) is 0 Å². The third-order valence-electron chi connectivity index (χ3n) is 3.72. The number of amides is 1. The van der Waals surface area contributed by atoms with Crippen LogP contribution in [0.15, 0.2) is 36.4 Å². The number of aryl methyl sites for hydroxylation is 1. The summed E-state index contributed by atoms with van der Waals surface area (Å²) >= 11 is 0. The second-order valence-corrected chi connectivity index (χ2v) is 6.69. The summed E-state index contributed by atoms with van der Waals surface area (Å²) in [6, 6.07) is 11.1. The first-order valence-corrected chi connectivity index (χ1v) is 7.64. The molecule has 0 radical (unpaired) electrons. The highest BCUT2D eigenvalue weighted by molar-refractivity contribution is 5.91. The minimum absolute atomic E-state index is 0.515. The molecule has 0 heterocycles.